The maximum atomic E-state index is 12.2. The van der Waals surface area contributed by atoms with E-state index in [0.717, 1.165) is 55.7 Å². The van der Waals surface area contributed by atoms with E-state index in [9.17, 15) is 4.79 Å². The van der Waals surface area contributed by atoms with Crippen LogP contribution in [0, 0.1) is 0 Å². The highest BCUT2D eigenvalue weighted by atomic mass is 32.1. The lowest BCUT2D eigenvalue weighted by atomic mass is 10.0. The number of urea groups is 1. The van der Waals surface area contributed by atoms with Crippen molar-refractivity contribution in [1.29, 1.82) is 0 Å². The minimum Gasteiger partial charge on any atom is -0.335 e. The van der Waals surface area contributed by atoms with Gasteiger partial charge in [0.25, 0.3) is 0 Å². The number of aromatic nitrogens is 2. The fourth-order valence-corrected chi connectivity index (χ4v) is 3.51. The first-order valence-electron chi connectivity index (χ1n) is 7.72. The Bertz CT molecular complexity index is 681. The smallest absolute Gasteiger partial charge is 0.317 e. The molecule has 5 nitrogen and oxygen atoms in total. The predicted molar refractivity (Wildman–Crippen MR) is 85.9 cm³/mol. The van der Waals surface area contributed by atoms with Crippen molar-refractivity contribution in [2.75, 3.05) is 13.1 Å². The van der Waals surface area contributed by atoms with Crippen molar-refractivity contribution in [3.8, 4) is 11.3 Å². The highest BCUT2D eigenvalue weighted by Crippen LogP contribution is 2.27. The van der Waals surface area contributed by atoms with Crippen molar-refractivity contribution in [2.45, 2.75) is 31.7 Å². The fraction of sp³-hybridized carbons (Fsp3) is 0.438. The van der Waals surface area contributed by atoms with Crippen LogP contribution in [0.1, 0.15) is 24.1 Å². The molecule has 0 unspecified atom stereocenters. The lowest BCUT2D eigenvalue weighted by Crippen LogP contribution is -2.42. The molecule has 0 radical (unpaired) electrons. The number of nitrogens with one attached hydrogen (secondary N) is 1. The number of nitrogens with zero attached hydrogens (tertiary/aromatic N) is 3. The van der Waals surface area contributed by atoms with Gasteiger partial charge in [0.15, 0.2) is 0 Å². The predicted octanol–water partition coefficient (Wildman–Crippen LogP) is 2.48. The summed E-state index contributed by atoms with van der Waals surface area (Å²) in [6.07, 6.45) is 5.50. The SMILES string of the molecule is O=C(NC1CC1)N1CCc2ncnc(-c3ccsc3)c2CC1. The molecule has 0 aromatic carbocycles. The monoisotopic (exact) mass is 314 g/mol. The molecule has 4 rings (SSSR count). The summed E-state index contributed by atoms with van der Waals surface area (Å²) in [5, 5.41) is 7.25. The molecule has 1 aliphatic heterocycles. The standard InChI is InChI=1S/C16H18N4OS/c21-16(19-12-1-2-12)20-6-3-13-14(4-7-20)17-10-18-15(13)11-5-8-22-9-11/h5,8-10,12H,1-4,6-7H2,(H,19,21). The number of carbonyl (C=O) groups excluding carboxylic acids is 1. The van der Waals surface area contributed by atoms with Crippen molar-refractivity contribution >= 4 is 17.4 Å². The Morgan fingerprint density at radius 3 is 2.91 bits per heavy atom. The maximum Gasteiger partial charge on any atom is 0.317 e. The van der Waals surface area contributed by atoms with Crippen LogP contribution in [-0.4, -0.2) is 40.0 Å². The molecule has 2 amide bonds. The van der Waals surface area contributed by atoms with Crippen LogP contribution in [-0.2, 0) is 12.8 Å². The molecule has 1 N–H and O–H groups in total. The van der Waals surface area contributed by atoms with Gasteiger partial charge >= 0.3 is 6.03 Å². The summed E-state index contributed by atoms with van der Waals surface area (Å²) in [5.41, 5.74) is 4.45. The molecule has 2 aliphatic rings. The van der Waals surface area contributed by atoms with Crippen LogP contribution in [0.5, 0.6) is 0 Å². The van der Waals surface area contributed by atoms with Gasteiger partial charge in [-0.1, -0.05) is 0 Å². The van der Waals surface area contributed by atoms with Crippen LogP contribution in [0.15, 0.2) is 23.2 Å². The largest absolute Gasteiger partial charge is 0.335 e. The van der Waals surface area contributed by atoms with Gasteiger partial charge in [0.2, 0.25) is 0 Å². The average molecular weight is 314 g/mol. The number of carbonyl (C=O) groups is 1. The first-order valence-corrected chi connectivity index (χ1v) is 8.66. The molecule has 0 saturated heterocycles. The van der Waals surface area contributed by atoms with Gasteiger partial charge in [0, 0.05) is 47.8 Å². The Labute approximate surface area is 133 Å². The number of rotatable bonds is 2. The Kier molecular flexibility index (Phi) is 3.54. The van der Waals surface area contributed by atoms with E-state index < -0.39 is 0 Å². The molecular weight excluding hydrogens is 296 g/mol. The quantitative estimate of drug-likeness (QED) is 0.926. The molecule has 2 aromatic rings. The van der Waals surface area contributed by atoms with Crippen LogP contribution < -0.4 is 5.32 Å². The topological polar surface area (TPSA) is 58.1 Å². The minimum absolute atomic E-state index is 0.0698. The molecule has 0 bridgehead atoms. The first-order chi connectivity index (χ1) is 10.8. The van der Waals surface area contributed by atoms with Crippen LogP contribution in [0.2, 0.25) is 0 Å². The third-order valence-corrected chi connectivity index (χ3v) is 4.95. The molecule has 1 fully saturated rings. The zero-order valence-corrected chi connectivity index (χ0v) is 13.1. The van der Waals surface area contributed by atoms with Gasteiger partial charge in [-0.2, -0.15) is 11.3 Å². The lowest BCUT2D eigenvalue weighted by molar-refractivity contribution is 0.200. The van der Waals surface area contributed by atoms with Gasteiger partial charge in [-0.3, -0.25) is 0 Å². The molecular formula is C16H18N4OS. The highest BCUT2D eigenvalue weighted by molar-refractivity contribution is 7.08. The summed E-state index contributed by atoms with van der Waals surface area (Å²) in [4.78, 5) is 23.1. The van der Waals surface area contributed by atoms with E-state index in [4.69, 9.17) is 0 Å². The number of hydrogen-bond acceptors (Lipinski definition) is 4. The second-order valence-corrected chi connectivity index (χ2v) is 6.65. The zero-order valence-electron chi connectivity index (χ0n) is 12.3. The first kappa shape index (κ1) is 13.7. The van der Waals surface area contributed by atoms with Crippen molar-refractivity contribution in [2.24, 2.45) is 0 Å². The fourth-order valence-electron chi connectivity index (χ4n) is 2.87. The van der Waals surface area contributed by atoms with Crippen molar-refractivity contribution < 1.29 is 4.79 Å². The van der Waals surface area contributed by atoms with E-state index in [-0.39, 0.29) is 6.03 Å². The van der Waals surface area contributed by atoms with Gasteiger partial charge in [0.05, 0.1) is 5.69 Å². The summed E-state index contributed by atoms with van der Waals surface area (Å²) in [6.45, 7) is 1.46. The Morgan fingerprint density at radius 1 is 1.27 bits per heavy atom. The van der Waals surface area contributed by atoms with Crippen LogP contribution in [0.3, 0.4) is 0 Å². The summed E-state index contributed by atoms with van der Waals surface area (Å²) >= 11 is 1.67. The van der Waals surface area contributed by atoms with Gasteiger partial charge in [0.1, 0.15) is 6.33 Å². The Hall–Kier alpha value is -1.95. The van der Waals surface area contributed by atoms with Gasteiger partial charge < -0.3 is 10.2 Å². The molecule has 3 heterocycles. The Balaban J connectivity index is 1.56. The van der Waals surface area contributed by atoms with E-state index in [2.05, 4.69) is 32.1 Å². The molecule has 114 valence electrons. The molecule has 0 spiro atoms. The summed E-state index contributed by atoms with van der Waals surface area (Å²) in [6, 6.07) is 2.56. The van der Waals surface area contributed by atoms with E-state index in [1.54, 1.807) is 17.7 Å². The molecule has 6 heteroatoms. The molecule has 1 saturated carbocycles. The van der Waals surface area contributed by atoms with Gasteiger partial charge in [-0.25, -0.2) is 14.8 Å². The minimum atomic E-state index is 0.0698. The van der Waals surface area contributed by atoms with E-state index in [1.807, 2.05) is 4.90 Å². The molecule has 0 atom stereocenters. The second kappa shape index (κ2) is 5.68. The number of amides is 2. The summed E-state index contributed by atoms with van der Waals surface area (Å²) in [7, 11) is 0. The van der Waals surface area contributed by atoms with E-state index >= 15 is 0 Å². The second-order valence-electron chi connectivity index (χ2n) is 5.87. The summed E-state index contributed by atoms with van der Waals surface area (Å²) < 4.78 is 0. The van der Waals surface area contributed by atoms with Gasteiger partial charge in [-0.15, -0.1) is 0 Å². The van der Waals surface area contributed by atoms with Crippen molar-refractivity contribution in [1.82, 2.24) is 20.2 Å². The van der Waals surface area contributed by atoms with Crippen LogP contribution >= 0.6 is 11.3 Å². The van der Waals surface area contributed by atoms with E-state index in [0.29, 0.717) is 6.04 Å². The molecule has 2 aromatic heterocycles. The van der Waals surface area contributed by atoms with E-state index in [1.165, 1.54) is 5.56 Å². The normalized spacial score (nSPS) is 17.7. The highest BCUT2D eigenvalue weighted by Gasteiger charge is 2.27. The molecule has 1 aliphatic carbocycles. The third-order valence-electron chi connectivity index (χ3n) is 4.27. The number of fused-ring (bicyclic) bond motifs is 1. The van der Waals surface area contributed by atoms with Crippen molar-refractivity contribution in [3.63, 3.8) is 0 Å². The Morgan fingerprint density at radius 2 is 2.14 bits per heavy atom. The van der Waals surface area contributed by atoms with Gasteiger partial charge in [-0.05, 0) is 30.7 Å². The summed E-state index contributed by atoms with van der Waals surface area (Å²) in [5.74, 6) is 0. The molecule has 22 heavy (non-hydrogen) atoms. The third kappa shape index (κ3) is 2.70. The number of hydrogen-bond donors (Lipinski definition) is 1. The van der Waals surface area contributed by atoms with Crippen LogP contribution in [0.25, 0.3) is 11.3 Å². The number of thiophene rings is 1. The lowest BCUT2D eigenvalue weighted by Gasteiger charge is -2.20. The van der Waals surface area contributed by atoms with Crippen LogP contribution in [0.4, 0.5) is 4.79 Å². The zero-order chi connectivity index (χ0) is 14.9. The average Bonchev–Trinajstić information content (AvgIpc) is 3.23. The van der Waals surface area contributed by atoms with Crippen molar-refractivity contribution in [3.05, 3.63) is 34.4 Å². The maximum absolute atomic E-state index is 12.2.